The number of amides is 2. The molecule has 1 aromatic carbocycles. The Morgan fingerprint density at radius 3 is 3.13 bits per heavy atom. The van der Waals surface area contributed by atoms with Gasteiger partial charge in [-0.3, -0.25) is 9.59 Å². The van der Waals surface area contributed by atoms with Gasteiger partial charge in [-0.2, -0.15) is 0 Å². The van der Waals surface area contributed by atoms with Gasteiger partial charge in [-0.05, 0) is 49.9 Å². The predicted octanol–water partition coefficient (Wildman–Crippen LogP) is 1.71. The van der Waals surface area contributed by atoms with Gasteiger partial charge in [-0.25, -0.2) is 0 Å². The summed E-state index contributed by atoms with van der Waals surface area (Å²) in [5, 5.41) is 6.02. The molecule has 2 N–H and O–H groups in total. The summed E-state index contributed by atoms with van der Waals surface area (Å²) in [6, 6.07) is 6.48. The fourth-order valence-corrected chi connectivity index (χ4v) is 3.64. The highest BCUT2D eigenvalue weighted by Crippen LogP contribution is 2.25. The quantitative estimate of drug-likeness (QED) is 0.840. The number of nitrogens with zero attached hydrogens (tertiary/aromatic N) is 1. The van der Waals surface area contributed by atoms with Gasteiger partial charge in [0, 0.05) is 31.2 Å². The number of hydrogen-bond donors (Lipinski definition) is 2. The van der Waals surface area contributed by atoms with Crippen molar-refractivity contribution in [1.82, 2.24) is 10.2 Å². The van der Waals surface area contributed by atoms with E-state index in [0.29, 0.717) is 18.9 Å². The van der Waals surface area contributed by atoms with Crippen molar-refractivity contribution in [2.24, 2.45) is 0 Å². The van der Waals surface area contributed by atoms with Crippen LogP contribution in [0.3, 0.4) is 0 Å². The third kappa shape index (κ3) is 3.72. The summed E-state index contributed by atoms with van der Waals surface area (Å²) in [4.78, 5) is 25.8. The van der Waals surface area contributed by atoms with Crippen LogP contribution in [0.2, 0.25) is 0 Å². The van der Waals surface area contributed by atoms with Crippen molar-refractivity contribution in [2.45, 2.75) is 44.6 Å². The number of nitrogens with one attached hydrogen (secondary N) is 2. The summed E-state index contributed by atoms with van der Waals surface area (Å²) in [6.45, 7) is 1.79. The van der Waals surface area contributed by atoms with E-state index in [2.05, 4.69) is 22.8 Å². The molecular weight excluding hydrogens is 290 g/mol. The fraction of sp³-hybridized carbons (Fsp3) is 0.556. The highest BCUT2D eigenvalue weighted by molar-refractivity contribution is 5.99. The monoisotopic (exact) mass is 315 g/mol. The largest absolute Gasteiger partial charge is 0.338 e. The molecule has 0 aromatic heterocycles. The number of rotatable bonds is 6. The van der Waals surface area contributed by atoms with Crippen LogP contribution in [0.4, 0.5) is 5.69 Å². The third-order valence-corrected chi connectivity index (χ3v) is 4.79. The van der Waals surface area contributed by atoms with Gasteiger partial charge in [0.2, 0.25) is 11.8 Å². The van der Waals surface area contributed by atoms with Gasteiger partial charge in [0.25, 0.3) is 0 Å². The van der Waals surface area contributed by atoms with Crippen LogP contribution in [0.15, 0.2) is 18.2 Å². The summed E-state index contributed by atoms with van der Waals surface area (Å²) < 4.78 is 0. The average molecular weight is 315 g/mol. The Kier molecular flexibility index (Phi) is 4.96. The molecule has 0 saturated carbocycles. The molecule has 0 aliphatic carbocycles. The molecule has 5 nitrogen and oxygen atoms in total. The second-order valence-electron chi connectivity index (χ2n) is 6.51. The maximum Gasteiger partial charge on any atom is 0.228 e. The molecule has 2 aliphatic heterocycles. The average Bonchev–Trinajstić information content (AvgIpc) is 3.12. The van der Waals surface area contributed by atoms with E-state index < -0.39 is 0 Å². The molecule has 1 aromatic rings. The lowest BCUT2D eigenvalue weighted by Gasteiger charge is -2.24. The van der Waals surface area contributed by atoms with Crippen molar-refractivity contribution in [3.63, 3.8) is 0 Å². The molecule has 0 bridgehead atoms. The first-order valence-electron chi connectivity index (χ1n) is 8.53. The highest BCUT2D eigenvalue weighted by atomic mass is 16.2. The Bertz CT molecular complexity index is 600. The van der Waals surface area contributed by atoms with Crippen LogP contribution >= 0.6 is 0 Å². The van der Waals surface area contributed by atoms with Gasteiger partial charge in [0.1, 0.15) is 0 Å². The topological polar surface area (TPSA) is 61.4 Å². The van der Waals surface area contributed by atoms with Crippen LogP contribution in [0.1, 0.15) is 36.8 Å². The number of benzene rings is 1. The van der Waals surface area contributed by atoms with Crippen LogP contribution in [0.25, 0.3) is 0 Å². The normalized spacial score (nSPS) is 19.8. The summed E-state index contributed by atoms with van der Waals surface area (Å²) >= 11 is 0. The molecule has 2 heterocycles. The van der Waals surface area contributed by atoms with Crippen LogP contribution < -0.4 is 10.6 Å². The number of carbonyl (C=O) groups excluding carboxylic acids is 2. The fourth-order valence-electron chi connectivity index (χ4n) is 3.64. The minimum atomic E-state index is 0.0666. The van der Waals surface area contributed by atoms with E-state index >= 15 is 0 Å². The lowest BCUT2D eigenvalue weighted by molar-refractivity contribution is -0.132. The lowest BCUT2D eigenvalue weighted by Crippen LogP contribution is -2.40. The van der Waals surface area contributed by atoms with Crippen molar-refractivity contribution in [2.75, 3.05) is 25.5 Å². The molecule has 1 fully saturated rings. The zero-order valence-electron chi connectivity index (χ0n) is 13.7. The van der Waals surface area contributed by atoms with Crippen LogP contribution in [-0.2, 0) is 22.4 Å². The number of anilines is 1. The first-order chi connectivity index (χ1) is 11.2. The molecule has 124 valence electrons. The SMILES string of the molecule is CNCC1CCCN1C(=O)CCCc1ccc2c(c1)CC(=O)N2. The second-order valence-corrected chi connectivity index (χ2v) is 6.51. The number of fused-ring (bicyclic) bond motifs is 1. The van der Waals surface area contributed by atoms with E-state index in [9.17, 15) is 9.59 Å². The van der Waals surface area contributed by atoms with Gasteiger partial charge in [0.05, 0.1) is 6.42 Å². The van der Waals surface area contributed by atoms with Crippen molar-refractivity contribution < 1.29 is 9.59 Å². The summed E-state index contributed by atoms with van der Waals surface area (Å²) in [7, 11) is 1.94. The number of carbonyl (C=O) groups is 2. The van der Waals surface area contributed by atoms with Crippen LogP contribution in [0, 0.1) is 0 Å². The van der Waals surface area contributed by atoms with Gasteiger partial charge in [-0.1, -0.05) is 12.1 Å². The van der Waals surface area contributed by atoms with Crippen molar-refractivity contribution in [1.29, 1.82) is 0 Å². The van der Waals surface area contributed by atoms with E-state index in [1.54, 1.807) is 0 Å². The maximum atomic E-state index is 12.4. The van der Waals surface area contributed by atoms with Gasteiger partial charge in [-0.15, -0.1) is 0 Å². The third-order valence-electron chi connectivity index (χ3n) is 4.79. The van der Waals surface area contributed by atoms with E-state index in [4.69, 9.17) is 0 Å². The van der Waals surface area contributed by atoms with E-state index in [0.717, 1.165) is 50.0 Å². The first kappa shape index (κ1) is 16.0. The molecule has 3 rings (SSSR count). The van der Waals surface area contributed by atoms with E-state index in [-0.39, 0.29) is 11.8 Å². The number of likely N-dealkylation sites (tertiary alicyclic amines) is 1. The smallest absolute Gasteiger partial charge is 0.228 e. The zero-order chi connectivity index (χ0) is 16.2. The van der Waals surface area contributed by atoms with Gasteiger partial charge < -0.3 is 15.5 Å². The minimum absolute atomic E-state index is 0.0666. The molecule has 5 heteroatoms. The summed E-state index contributed by atoms with van der Waals surface area (Å²) in [5.74, 6) is 0.345. The van der Waals surface area contributed by atoms with E-state index in [1.165, 1.54) is 5.56 Å². The van der Waals surface area contributed by atoms with E-state index in [1.807, 2.05) is 18.0 Å². The Morgan fingerprint density at radius 2 is 2.30 bits per heavy atom. The molecular formula is C18H25N3O2. The Balaban J connectivity index is 1.49. The Hall–Kier alpha value is -1.88. The maximum absolute atomic E-state index is 12.4. The van der Waals surface area contributed by atoms with Crippen molar-refractivity contribution in [3.8, 4) is 0 Å². The molecule has 1 unspecified atom stereocenters. The molecule has 1 saturated heterocycles. The lowest BCUT2D eigenvalue weighted by atomic mass is 10.0. The number of aryl methyl sites for hydroxylation is 1. The molecule has 0 radical (unpaired) electrons. The van der Waals surface area contributed by atoms with Crippen molar-refractivity contribution >= 4 is 17.5 Å². The molecule has 2 amide bonds. The molecule has 2 aliphatic rings. The molecule has 0 spiro atoms. The standard InChI is InChI=1S/C18H25N3O2/c1-19-12-15-5-3-9-21(15)18(23)6-2-4-13-7-8-16-14(10-13)11-17(22)20-16/h7-8,10,15,19H,2-6,9,11-12H2,1H3,(H,20,22). The molecule has 23 heavy (non-hydrogen) atoms. The summed E-state index contributed by atoms with van der Waals surface area (Å²) in [5.41, 5.74) is 3.22. The Labute approximate surface area is 137 Å². The predicted molar refractivity (Wildman–Crippen MR) is 90.4 cm³/mol. The van der Waals surface area contributed by atoms with Gasteiger partial charge >= 0.3 is 0 Å². The zero-order valence-corrected chi connectivity index (χ0v) is 13.7. The van der Waals surface area contributed by atoms with Crippen molar-refractivity contribution in [3.05, 3.63) is 29.3 Å². The second kappa shape index (κ2) is 7.13. The summed E-state index contributed by atoms with van der Waals surface area (Å²) in [6.07, 6.45) is 5.05. The highest BCUT2D eigenvalue weighted by Gasteiger charge is 2.27. The van der Waals surface area contributed by atoms with Crippen LogP contribution in [-0.4, -0.2) is 42.9 Å². The first-order valence-corrected chi connectivity index (χ1v) is 8.53. The number of likely N-dealkylation sites (N-methyl/N-ethyl adjacent to an activating group) is 1. The molecule has 1 atom stereocenters. The Morgan fingerprint density at radius 1 is 1.43 bits per heavy atom. The number of hydrogen-bond acceptors (Lipinski definition) is 3. The minimum Gasteiger partial charge on any atom is -0.338 e. The van der Waals surface area contributed by atoms with Crippen LogP contribution in [0.5, 0.6) is 0 Å². The van der Waals surface area contributed by atoms with Gasteiger partial charge in [0.15, 0.2) is 0 Å².